The van der Waals surface area contributed by atoms with Crippen LogP contribution in [0.3, 0.4) is 0 Å². The van der Waals surface area contributed by atoms with Crippen molar-refractivity contribution in [1.29, 1.82) is 0 Å². The molecule has 0 unspecified atom stereocenters. The first kappa shape index (κ1) is 32.7. The van der Waals surface area contributed by atoms with Crippen LogP contribution < -0.4 is 4.74 Å². The Morgan fingerprint density at radius 2 is 1.70 bits per heavy atom. The predicted molar refractivity (Wildman–Crippen MR) is 186 cm³/mol. The Hall–Kier alpha value is -4.27. The highest BCUT2D eigenvalue weighted by atomic mass is 35.5. The molecule has 1 N–H and O–H groups in total. The molecule has 1 atom stereocenters. The third-order valence-corrected chi connectivity index (χ3v) is 10.2. The Morgan fingerprint density at radius 1 is 1.02 bits per heavy atom. The average Bonchev–Trinajstić information content (AvgIpc) is 3.47. The molecule has 5 aromatic rings. The van der Waals surface area contributed by atoms with Crippen LogP contribution in [0, 0.1) is 27.7 Å². The van der Waals surface area contributed by atoms with Gasteiger partial charge in [-0.05, 0) is 100 Å². The number of aromatic carboxylic acids is 1. The lowest BCUT2D eigenvalue weighted by Gasteiger charge is -2.35. The van der Waals surface area contributed by atoms with E-state index in [1.165, 1.54) is 0 Å². The lowest BCUT2D eigenvalue weighted by Crippen LogP contribution is -2.46. The van der Waals surface area contributed by atoms with Gasteiger partial charge >= 0.3 is 5.97 Å². The minimum Gasteiger partial charge on any atom is -0.494 e. The van der Waals surface area contributed by atoms with Gasteiger partial charge in [-0.15, -0.1) is 0 Å². The zero-order valence-electron chi connectivity index (χ0n) is 27.4. The number of hydrogen-bond donors (Lipinski definition) is 1. The van der Waals surface area contributed by atoms with Crippen molar-refractivity contribution in [2.75, 3.05) is 6.61 Å². The second-order valence-electron chi connectivity index (χ2n) is 12.5. The van der Waals surface area contributed by atoms with Gasteiger partial charge in [0.05, 0.1) is 28.4 Å². The van der Waals surface area contributed by atoms with Crippen molar-refractivity contribution in [2.24, 2.45) is 7.05 Å². The molecule has 1 aliphatic heterocycles. The maximum Gasteiger partial charge on any atom is 0.335 e. The van der Waals surface area contributed by atoms with Crippen LogP contribution in [0.15, 0.2) is 48.5 Å². The fraction of sp³-hybridized carbons (Fsp3) is 0.324. The smallest absolute Gasteiger partial charge is 0.335 e. The number of halogens is 2. The average molecular weight is 674 g/mol. The van der Waals surface area contributed by atoms with Crippen molar-refractivity contribution >= 4 is 46.0 Å². The summed E-state index contributed by atoms with van der Waals surface area (Å²) in [4.78, 5) is 27.8. The number of carbonyl (C=O) groups is 2. The van der Waals surface area contributed by atoms with Crippen LogP contribution in [0.4, 0.5) is 0 Å². The molecule has 1 amide bonds. The van der Waals surface area contributed by atoms with E-state index in [1.807, 2.05) is 75.5 Å². The van der Waals surface area contributed by atoms with Gasteiger partial charge in [0.15, 0.2) is 0 Å². The summed E-state index contributed by atoms with van der Waals surface area (Å²) >= 11 is 13.4. The molecule has 0 saturated carbocycles. The number of hydrogen-bond acceptors (Lipinski definition) is 4. The van der Waals surface area contributed by atoms with E-state index in [1.54, 1.807) is 24.3 Å². The van der Waals surface area contributed by atoms with Gasteiger partial charge in [-0.1, -0.05) is 41.4 Å². The van der Waals surface area contributed by atoms with Crippen LogP contribution in [0.2, 0.25) is 10.0 Å². The molecule has 0 spiro atoms. The van der Waals surface area contributed by atoms with Gasteiger partial charge in [-0.2, -0.15) is 5.10 Å². The number of nitrogens with zero attached hydrogens (tertiary/aromatic N) is 4. The van der Waals surface area contributed by atoms with Crippen LogP contribution in [-0.4, -0.2) is 48.9 Å². The number of fused-ring (bicyclic) bond motifs is 3. The number of carboxylic acids is 1. The Labute approximate surface area is 284 Å². The van der Waals surface area contributed by atoms with E-state index in [9.17, 15) is 14.7 Å². The number of aromatic nitrogens is 3. The highest BCUT2D eigenvalue weighted by Gasteiger charge is 2.36. The predicted octanol–water partition coefficient (Wildman–Crippen LogP) is 8.34. The van der Waals surface area contributed by atoms with E-state index in [-0.39, 0.29) is 17.5 Å². The Morgan fingerprint density at radius 3 is 2.32 bits per heavy atom. The second-order valence-corrected chi connectivity index (χ2v) is 13.3. The van der Waals surface area contributed by atoms with Gasteiger partial charge in [0.25, 0.3) is 5.91 Å². The van der Waals surface area contributed by atoms with Crippen LogP contribution in [-0.2, 0) is 26.6 Å². The summed E-state index contributed by atoms with van der Waals surface area (Å²) in [5.41, 5.74) is 9.32. The molecule has 8 nitrogen and oxygen atoms in total. The molecule has 3 aromatic carbocycles. The van der Waals surface area contributed by atoms with Crippen molar-refractivity contribution in [3.05, 3.63) is 103 Å². The molecule has 10 heteroatoms. The molecule has 1 aliphatic rings. The first-order chi connectivity index (χ1) is 22.4. The number of rotatable bonds is 9. The topological polar surface area (TPSA) is 89.6 Å². The summed E-state index contributed by atoms with van der Waals surface area (Å²) in [5, 5.41) is 16.4. The molecule has 0 aliphatic carbocycles. The van der Waals surface area contributed by atoms with E-state index in [0.29, 0.717) is 43.3 Å². The zero-order valence-corrected chi connectivity index (χ0v) is 29.0. The highest BCUT2D eigenvalue weighted by molar-refractivity contribution is 6.35. The van der Waals surface area contributed by atoms with E-state index >= 15 is 0 Å². The number of carbonyl (C=O) groups excluding carboxylic acids is 1. The zero-order chi connectivity index (χ0) is 33.7. The molecule has 47 heavy (non-hydrogen) atoms. The number of carboxylic acid groups (broad SMARTS) is 1. The van der Waals surface area contributed by atoms with E-state index in [4.69, 9.17) is 27.9 Å². The van der Waals surface area contributed by atoms with Crippen molar-refractivity contribution < 1.29 is 19.4 Å². The maximum absolute atomic E-state index is 14.5. The van der Waals surface area contributed by atoms with Gasteiger partial charge in [0.1, 0.15) is 11.4 Å². The van der Waals surface area contributed by atoms with Crippen molar-refractivity contribution in [1.82, 2.24) is 19.2 Å². The summed E-state index contributed by atoms with van der Waals surface area (Å²) in [6, 6.07) is 14.4. The Balaban J connectivity index is 1.42. The minimum atomic E-state index is -0.980. The summed E-state index contributed by atoms with van der Waals surface area (Å²) < 4.78 is 10.2. The molecule has 0 saturated heterocycles. The molecular formula is C37H38Cl2N4O4. The molecule has 0 fully saturated rings. The van der Waals surface area contributed by atoms with Crippen LogP contribution >= 0.6 is 23.2 Å². The number of amides is 1. The Bertz CT molecular complexity index is 2020. The van der Waals surface area contributed by atoms with E-state index < -0.39 is 5.97 Å². The fourth-order valence-corrected chi connectivity index (χ4v) is 7.21. The van der Waals surface area contributed by atoms with Crippen LogP contribution in [0.5, 0.6) is 5.75 Å². The van der Waals surface area contributed by atoms with Crippen molar-refractivity contribution in [2.45, 2.75) is 66.6 Å². The molecular weight excluding hydrogens is 635 g/mol. The molecule has 0 bridgehead atoms. The fourth-order valence-electron chi connectivity index (χ4n) is 6.85. The van der Waals surface area contributed by atoms with Crippen molar-refractivity contribution in [3.8, 4) is 16.9 Å². The van der Waals surface area contributed by atoms with Gasteiger partial charge in [0.2, 0.25) is 0 Å². The largest absolute Gasteiger partial charge is 0.494 e. The first-order valence-corrected chi connectivity index (χ1v) is 16.5. The molecule has 6 rings (SSSR count). The highest BCUT2D eigenvalue weighted by Crippen LogP contribution is 2.43. The third kappa shape index (κ3) is 5.89. The van der Waals surface area contributed by atoms with Crippen molar-refractivity contribution in [3.63, 3.8) is 0 Å². The summed E-state index contributed by atoms with van der Waals surface area (Å²) in [5.74, 6) is -0.273. The summed E-state index contributed by atoms with van der Waals surface area (Å²) in [6.45, 7) is 11.4. The number of ether oxygens (including phenoxy) is 1. The Kier molecular flexibility index (Phi) is 8.85. The molecule has 244 valence electrons. The van der Waals surface area contributed by atoms with Gasteiger partial charge in [-0.3, -0.25) is 9.48 Å². The van der Waals surface area contributed by atoms with Gasteiger partial charge in [0, 0.05) is 53.4 Å². The monoisotopic (exact) mass is 672 g/mol. The SMILES string of the molecule is Cc1cc(OCCCc2c3n(c4c(-c5c(C)nn(C)c5C)c(Cl)ccc24)C[C@@H](C)N(Cc2ccc(C(=O)O)cc2)C3=O)cc(C)c1Cl. The minimum absolute atomic E-state index is 0.0659. The lowest BCUT2D eigenvalue weighted by molar-refractivity contribution is 0.0595. The van der Waals surface area contributed by atoms with E-state index in [2.05, 4.69) is 9.67 Å². The number of benzene rings is 3. The summed E-state index contributed by atoms with van der Waals surface area (Å²) in [7, 11) is 1.93. The lowest BCUT2D eigenvalue weighted by atomic mass is 9.98. The molecule has 2 aromatic heterocycles. The van der Waals surface area contributed by atoms with Crippen LogP contribution in [0.25, 0.3) is 22.0 Å². The third-order valence-electron chi connectivity index (χ3n) is 9.28. The second kappa shape index (κ2) is 12.7. The number of aryl methyl sites for hydroxylation is 5. The summed E-state index contributed by atoms with van der Waals surface area (Å²) in [6.07, 6.45) is 1.31. The maximum atomic E-state index is 14.5. The van der Waals surface area contributed by atoms with Gasteiger partial charge < -0.3 is 19.3 Å². The standard InChI is InChI=1S/C37H38Cl2N4O4/c1-20-16-27(17-21(2)33(20)39)47-15-7-8-28-29-13-14-30(38)32(31-23(4)40-41(6)24(31)5)34(29)43-18-22(3)42(36(44)35(28)43)19-25-9-11-26(12-10-25)37(45)46/h9-14,16-17,22H,7-8,15,18-19H2,1-6H3,(H,45,46)/t22-/m1/s1. The van der Waals surface area contributed by atoms with Crippen LogP contribution in [0.1, 0.15) is 67.8 Å². The molecule has 3 heterocycles. The van der Waals surface area contributed by atoms with Gasteiger partial charge in [-0.25, -0.2) is 4.79 Å². The normalized spacial score (nSPS) is 14.6. The van der Waals surface area contributed by atoms with E-state index in [0.717, 1.165) is 66.4 Å². The molecule has 0 radical (unpaired) electrons. The first-order valence-electron chi connectivity index (χ1n) is 15.7. The quantitative estimate of drug-likeness (QED) is 0.159.